The number of pyridine rings is 1. The fraction of sp³-hybridized carbons (Fsp3) is 0.500. The third-order valence-electron chi connectivity index (χ3n) is 2.93. The summed E-state index contributed by atoms with van der Waals surface area (Å²) in [6, 6.07) is 3.64. The van der Waals surface area contributed by atoms with Gasteiger partial charge in [-0.25, -0.2) is 0 Å². The molecule has 1 aromatic rings. The summed E-state index contributed by atoms with van der Waals surface area (Å²) < 4.78 is 0. The quantitative estimate of drug-likeness (QED) is 0.780. The van der Waals surface area contributed by atoms with Gasteiger partial charge in [0.1, 0.15) is 0 Å². The Bertz CT molecular complexity index is 394. The highest BCUT2D eigenvalue weighted by atomic mass is 79.9. The number of rotatable bonds is 2. The first-order valence-electron chi connectivity index (χ1n) is 5.48. The van der Waals surface area contributed by atoms with E-state index in [1.807, 2.05) is 17.9 Å². The molecular weight excluding hydrogens is 268 g/mol. The predicted octanol–water partition coefficient (Wildman–Crippen LogP) is 2.25. The zero-order valence-corrected chi connectivity index (χ0v) is 10.9. The van der Waals surface area contributed by atoms with Crippen molar-refractivity contribution < 1.29 is 4.79 Å². The summed E-state index contributed by atoms with van der Waals surface area (Å²) in [5.41, 5.74) is 1.64. The van der Waals surface area contributed by atoms with Crippen LogP contribution in [-0.4, -0.2) is 34.2 Å². The minimum Gasteiger partial charge on any atom is -0.338 e. The molecule has 3 nitrogen and oxygen atoms in total. The van der Waals surface area contributed by atoms with E-state index in [9.17, 15) is 4.79 Å². The molecule has 1 saturated heterocycles. The second-order valence-electron chi connectivity index (χ2n) is 4.25. The zero-order valence-electron chi connectivity index (χ0n) is 9.32. The number of halogens is 1. The maximum atomic E-state index is 12.1. The van der Waals surface area contributed by atoms with Gasteiger partial charge in [0.15, 0.2) is 0 Å². The Morgan fingerprint density at radius 1 is 1.69 bits per heavy atom. The highest BCUT2D eigenvalue weighted by molar-refractivity contribution is 9.09. The van der Waals surface area contributed by atoms with Crippen molar-refractivity contribution in [1.29, 1.82) is 0 Å². The maximum Gasteiger partial charge on any atom is 0.253 e. The van der Waals surface area contributed by atoms with E-state index in [0.717, 1.165) is 36.1 Å². The van der Waals surface area contributed by atoms with Crippen molar-refractivity contribution in [2.45, 2.75) is 13.3 Å². The Morgan fingerprint density at radius 3 is 3.12 bits per heavy atom. The fourth-order valence-electron chi connectivity index (χ4n) is 2.00. The molecule has 2 heterocycles. The van der Waals surface area contributed by atoms with Crippen LogP contribution < -0.4 is 0 Å². The number of hydrogen-bond donors (Lipinski definition) is 0. The molecule has 1 aromatic heterocycles. The molecule has 1 atom stereocenters. The largest absolute Gasteiger partial charge is 0.338 e. The van der Waals surface area contributed by atoms with Gasteiger partial charge in [-0.05, 0) is 31.4 Å². The lowest BCUT2D eigenvalue weighted by atomic mass is 10.2. The van der Waals surface area contributed by atoms with Gasteiger partial charge in [-0.15, -0.1) is 0 Å². The number of aromatic nitrogens is 1. The summed E-state index contributed by atoms with van der Waals surface area (Å²) in [5.74, 6) is 0.737. The molecule has 0 radical (unpaired) electrons. The lowest BCUT2D eigenvalue weighted by molar-refractivity contribution is 0.0788. The number of carbonyl (C=O) groups is 1. The minimum atomic E-state index is 0.133. The predicted molar refractivity (Wildman–Crippen MR) is 66.8 cm³/mol. The van der Waals surface area contributed by atoms with Gasteiger partial charge < -0.3 is 4.90 Å². The third kappa shape index (κ3) is 2.43. The Hall–Kier alpha value is -0.900. The number of alkyl halides is 1. The highest BCUT2D eigenvalue weighted by Crippen LogP contribution is 2.20. The number of aryl methyl sites for hydroxylation is 1. The van der Waals surface area contributed by atoms with Crippen molar-refractivity contribution in [3.63, 3.8) is 0 Å². The van der Waals surface area contributed by atoms with Crippen molar-refractivity contribution >= 4 is 21.8 Å². The first-order chi connectivity index (χ1) is 7.70. The number of hydrogen-bond acceptors (Lipinski definition) is 2. The molecule has 1 unspecified atom stereocenters. The van der Waals surface area contributed by atoms with Crippen LogP contribution in [0.2, 0.25) is 0 Å². The van der Waals surface area contributed by atoms with Crippen molar-refractivity contribution in [2.75, 3.05) is 18.4 Å². The van der Waals surface area contributed by atoms with Gasteiger partial charge >= 0.3 is 0 Å². The second-order valence-corrected chi connectivity index (χ2v) is 4.89. The summed E-state index contributed by atoms with van der Waals surface area (Å²) in [4.78, 5) is 18.2. The molecule has 1 fully saturated rings. The van der Waals surface area contributed by atoms with E-state index in [0.29, 0.717) is 5.92 Å². The molecule has 2 rings (SSSR count). The van der Waals surface area contributed by atoms with Crippen LogP contribution in [0.15, 0.2) is 18.3 Å². The molecule has 0 aliphatic carbocycles. The van der Waals surface area contributed by atoms with E-state index < -0.39 is 0 Å². The molecule has 0 saturated carbocycles. The third-order valence-corrected chi connectivity index (χ3v) is 3.85. The average molecular weight is 283 g/mol. The summed E-state index contributed by atoms with van der Waals surface area (Å²) in [5, 5.41) is 0.978. The van der Waals surface area contributed by atoms with Gasteiger partial charge in [-0.3, -0.25) is 9.78 Å². The van der Waals surface area contributed by atoms with Crippen molar-refractivity contribution in [3.8, 4) is 0 Å². The topological polar surface area (TPSA) is 33.2 Å². The van der Waals surface area contributed by atoms with Crippen LogP contribution >= 0.6 is 15.9 Å². The number of likely N-dealkylation sites (tertiary alicyclic amines) is 1. The summed E-state index contributed by atoms with van der Waals surface area (Å²) in [7, 11) is 0. The smallest absolute Gasteiger partial charge is 0.253 e. The Balaban J connectivity index is 2.08. The molecule has 0 spiro atoms. The van der Waals surface area contributed by atoms with Crippen molar-refractivity contribution in [3.05, 3.63) is 29.6 Å². The van der Waals surface area contributed by atoms with Gasteiger partial charge in [0.2, 0.25) is 0 Å². The molecule has 86 valence electrons. The maximum absolute atomic E-state index is 12.1. The van der Waals surface area contributed by atoms with Crippen molar-refractivity contribution in [1.82, 2.24) is 9.88 Å². The Kier molecular flexibility index (Phi) is 3.59. The fourth-order valence-corrected chi connectivity index (χ4v) is 2.53. The van der Waals surface area contributed by atoms with Crippen LogP contribution in [0.3, 0.4) is 0 Å². The van der Waals surface area contributed by atoms with Crippen LogP contribution in [-0.2, 0) is 0 Å². The van der Waals surface area contributed by atoms with Crippen molar-refractivity contribution in [2.24, 2.45) is 5.92 Å². The van der Waals surface area contributed by atoms with Crippen LogP contribution in [0, 0.1) is 12.8 Å². The van der Waals surface area contributed by atoms with E-state index in [-0.39, 0.29) is 5.91 Å². The average Bonchev–Trinajstić information content (AvgIpc) is 2.76. The summed E-state index contributed by atoms with van der Waals surface area (Å²) in [6.07, 6.45) is 2.79. The van der Waals surface area contributed by atoms with Gasteiger partial charge in [-0.1, -0.05) is 15.9 Å². The minimum absolute atomic E-state index is 0.133. The summed E-state index contributed by atoms with van der Waals surface area (Å²) >= 11 is 3.47. The number of amides is 1. The van der Waals surface area contributed by atoms with Gasteiger partial charge in [-0.2, -0.15) is 0 Å². The summed E-state index contributed by atoms with van der Waals surface area (Å²) in [6.45, 7) is 3.64. The molecule has 1 aliphatic rings. The molecule has 0 N–H and O–H groups in total. The number of carbonyl (C=O) groups excluding carboxylic acids is 1. The molecule has 1 amide bonds. The molecule has 0 aromatic carbocycles. The van der Waals surface area contributed by atoms with Gasteiger partial charge in [0.05, 0.1) is 0 Å². The first kappa shape index (κ1) is 11.6. The Morgan fingerprint density at radius 2 is 2.50 bits per heavy atom. The van der Waals surface area contributed by atoms with E-state index in [2.05, 4.69) is 20.9 Å². The van der Waals surface area contributed by atoms with E-state index >= 15 is 0 Å². The second kappa shape index (κ2) is 4.95. The Labute approximate surface area is 104 Å². The standard InChI is InChI=1S/C12H15BrN2O/c1-9-6-11(2-4-14-9)12(16)15-5-3-10(7-13)8-15/h2,4,6,10H,3,5,7-8H2,1H3. The molecule has 16 heavy (non-hydrogen) atoms. The first-order valence-corrected chi connectivity index (χ1v) is 6.60. The van der Waals surface area contributed by atoms with Crippen LogP contribution in [0.1, 0.15) is 22.5 Å². The molecule has 0 bridgehead atoms. The van der Waals surface area contributed by atoms with E-state index in [4.69, 9.17) is 0 Å². The molecule has 4 heteroatoms. The lowest BCUT2D eigenvalue weighted by Gasteiger charge is -2.16. The highest BCUT2D eigenvalue weighted by Gasteiger charge is 2.26. The number of nitrogens with zero attached hydrogens (tertiary/aromatic N) is 2. The zero-order chi connectivity index (χ0) is 11.5. The van der Waals surface area contributed by atoms with Crippen LogP contribution in [0.5, 0.6) is 0 Å². The SMILES string of the molecule is Cc1cc(C(=O)N2CCC(CBr)C2)ccn1. The van der Waals surface area contributed by atoms with E-state index in [1.54, 1.807) is 12.3 Å². The van der Waals surface area contributed by atoms with Crippen LogP contribution in [0.4, 0.5) is 0 Å². The van der Waals surface area contributed by atoms with E-state index in [1.165, 1.54) is 0 Å². The monoisotopic (exact) mass is 282 g/mol. The van der Waals surface area contributed by atoms with Gasteiger partial charge in [0, 0.05) is 35.9 Å². The lowest BCUT2D eigenvalue weighted by Crippen LogP contribution is -2.28. The molecule has 1 aliphatic heterocycles. The normalized spacial score (nSPS) is 20.1. The molecular formula is C12H15BrN2O. The van der Waals surface area contributed by atoms with Gasteiger partial charge in [0.25, 0.3) is 5.91 Å². The van der Waals surface area contributed by atoms with Crippen LogP contribution in [0.25, 0.3) is 0 Å².